The average molecular weight is 502 g/mol. The molecule has 2 N–H and O–H groups in total. The maximum Gasteiger partial charge on any atom is 0.176 e. The predicted molar refractivity (Wildman–Crippen MR) is 145 cm³/mol. The highest BCUT2D eigenvalue weighted by atomic mass is 16.5. The molecule has 5 rings (SSSR count). The van der Waals surface area contributed by atoms with Gasteiger partial charge in [0.15, 0.2) is 11.6 Å². The molecule has 0 radical (unpaired) electrons. The standard InChI is InChI=1S/C32H39NO4/c1-20-16-26-28-12-14-32(13-5-15-34,29(36)19-37-4)31(28,2)18-27(21-6-8-22(33-3)9-7-21)30(26)24-11-10-23(35)17-25(20)24/h6-9,17,20,26-28,33-34H,10-12,14-16,18-19H2,1-4H3/t20?,26-,27+,28-,31-,32+/m0/s1. The lowest BCUT2D eigenvalue weighted by atomic mass is 9.47. The Morgan fingerprint density at radius 1 is 1.24 bits per heavy atom. The molecule has 1 aromatic carbocycles. The molecule has 4 aliphatic rings. The number of fused-ring (bicyclic) bond motifs is 4. The molecule has 0 saturated heterocycles. The molecule has 6 atom stereocenters. The maximum atomic E-state index is 13.8. The molecule has 5 nitrogen and oxygen atoms in total. The van der Waals surface area contributed by atoms with Crippen molar-refractivity contribution in [1.82, 2.24) is 0 Å². The van der Waals surface area contributed by atoms with Gasteiger partial charge in [0.05, 0.1) is 5.41 Å². The maximum absolute atomic E-state index is 13.8. The molecule has 2 saturated carbocycles. The van der Waals surface area contributed by atoms with E-state index in [1.165, 1.54) is 22.3 Å². The Balaban J connectivity index is 1.71. The molecule has 2 fully saturated rings. The first-order valence-corrected chi connectivity index (χ1v) is 13.7. The molecule has 0 bridgehead atoms. The summed E-state index contributed by atoms with van der Waals surface area (Å²) in [6.45, 7) is 4.32. The van der Waals surface area contributed by atoms with Crippen molar-refractivity contribution >= 4 is 17.3 Å². The number of carbonyl (C=O) groups excluding carboxylic acids is 2. The van der Waals surface area contributed by atoms with Gasteiger partial charge in [-0.15, -0.1) is 0 Å². The molecule has 5 heteroatoms. The van der Waals surface area contributed by atoms with Gasteiger partial charge in [-0.1, -0.05) is 43.4 Å². The number of allylic oxidation sites excluding steroid dienone is 4. The highest BCUT2D eigenvalue weighted by molar-refractivity contribution is 5.93. The Bertz CT molecular complexity index is 1220. The molecule has 0 heterocycles. The van der Waals surface area contributed by atoms with Crippen molar-refractivity contribution in [3.63, 3.8) is 0 Å². The van der Waals surface area contributed by atoms with Gasteiger partial charge in [-0.2, -0.15) is 0 Å². The number of rotatable bonds is 5. The number of methoxy groups -OCH3 is 1. The third kappa shape index (κ3) is 4.01. The minimum Gasteiger partial charge on any atom is -0.388 e. The minimum atomic E-state index is -0.836. The van der Waals surface area contributed by atoms with E-state index in [0.717, 1.165) is 31.4 Å². The number of Topliss-reactive ketones (excluding diaryl/α,β-unsaturated/α-hetero) is 1. The third-order valence-electron chi connectivity index (χ3n) is 10.0. The third-order valence-corrected chi connectivity index (χ3v) is 10.0. The lowest BCUT2D eigenvalue weighted by molar-refractivity contribution is -0.136. The van der Waals surface area contributed by atoms with Crippen LogP contribution in [0.4, 0.5) is 5.69 Å². The molecule has 0 aromatic heterocycles. The van der Waals surface area contributed by atoms with E-state index in [-0.39, 0.29) is 36.1 Å². The molecular formula is C32H39NO4. The second kappa shape index (κ2) is 9.89. The first kappa shape index (κ1) is 25.9. The van der Waals surface area contributed by atoms with Gasteiger partial charge in [0.2, 0.25) is 0 Å². The fraction of sp³-hybridized carbons (Fsp3) is 0.562. The number of carbonyl (C=O) groups is 2. The van der Waals surface area contributed by atoms with Crippen molar-refractivity contribution in [2.45, 2.75) is 58.3 Å². The van der Waals surface area contributed by atoms with E-state index in [2.05, 4.69) is 55.3 Å². The van der Waals surface area contributed by atoms with E-state index in [1.54, 1.807) is 7.11 Å². The highest BCUT2D eigenvalue weighted by Gasteiger charge is 2.65. The van der Waals surface area contributed by atoms with Crippen molar-refractivity contribution in [1.29, 1.82) is 0 Å². The van der Waals surface area contributed by atoms with Crippen molar-refractivity contribution < 1.29 is 19.4 Å². The Hall–Kier alpha value is -2.68. The van der Waals surface area contributed by atoms with Crippen LogP contribution in [0.2, 0.25) is 0 Å². The first-order valence-electron chi connectivity index (χ1n) is 13.7. The van der Waals surface area contributed by atoms with Crippen LogP contribution in [0.1, 0.15) is 63.9 Å². The summed E-state index contributed by atoms with van der Waals surface area (Å²) in [6.07, 6.45) is 6.74. The summed E-state index contributed by atoms with van der Waals surface area (Å²) in [7, 11) is 3.49. The number of aliphatic hydroxyl groups is 1. The van der Waals surface area contributed by atoms with E-state index in [0.29, 0.717) is 30.6 Å². The average Bonchev–Trinajstić information content (AvgIpc) is 3.20. The van der Waals surface area contributed by atoms with Gasteiger partial charge in [0, 0.05) is 32.2 Å². The monoisotopic (exact) mass is 501 g/mol. The van der Waals surface area contributed by atoms with Gasteiger partial charge < -0.3 is 15.2 Å². The summed E-state index contributed by atoms with van der Waals surface area (Å²) in [5.74, 6) is 7.61. The summed E-state index contributed by atoms with van der Waals surface area (Å²) < 4.78 is 5.35. The van der Waals surface area contributed by atoms with Crippen LogP contribution in [0.25, 0.3) is 0 Å². The summed E-state index contributed by atoms with van der Waals surface area (Å²) in [4.78, 5) is 26.2. The van der Waals surface area contributed by atoms with Crippen molar-refractivity contribution in [2.24, 2.45) is 28.6 Å². The predicted octanol–water partition coefficient (Wildman–Crippen LogP) is 5.07. The van der Waals surface area contributed by atoms with E-state index >= 15 is 0 Å². The molecule has 37 heavy (non-hydrogen) atoms. The van der Waals surface area contributed by atoms with Gasteiger partial charge in [-0.05, 0) is 90.2 Å². The number of benzene rings is 1. The van der Waals surface area contributed by atoms with E-state index in [9.17, 15) is 14.7 Å². The molecule has 4 aliphatic carbocycles. The van der Waals surface area contributed by atoms with Crippen LogP contribution in [0, 0.1) is 40.4 Å². The van der Waals surface area contributed by atoms with E-state index < -0.39 is 5.41 Å². The van der Waals surface area contributed by atoms with Gasteiger partial charge in [-0.25, -0.2) is 0 Å². The van der Waals surface area contributed by atoms with Crippen molar-refractivity contribution in [3.05, 3.63) is 52.6 Å². The van der Waals surface area contributed by atoms with Crippen LogP contribution in [0.3, 0.4) is 0 Å². The zero-order valence-electron chi connectivity index (χ0n) is 22.5. The van der Waals surface area contributed by atoms with Crippen LogP contribution in [-0.2, 0) is 14.3 Å². The largest absolute Gasteiger partial charge is 0.388 e. The number of hydrogen-bond acceptors (Lipinski definition) is 5. The van der Waals surface area contributed by atoms with Crippen LogP contribution in [-0.4, -0.2) is 44.0 Å². The summed E-state index contributed by atoms with van der Waals surface area (Å²) in [5, 5.41) is 12.8. The quantitative estimate of drug-likeness (QED) is 0.551. The molecule has 196 valence electrons. The number of ketones is 2. The van der Waals surface area contributed by atoms with E-state index in [1.807, 2.05) is 13.1 Å². The molecule has 0 spiro atoms. The zero-order valence-corrected chi connectivity index (χ0v) is 22.5. The van der Waals surface area contributed by atoms with Crippen LogP contribution >= 0.6 is 0 Å². The zero-order chi connectivity index (χ0) is 26.4. The molecule has 0 amide bonds. The Labute approximate surface area is 220 Å². The van der Waals surface area contributed by atoms with Crippen molar-refractivity contribution in [2.75, 3.05) is 32.7 Å². The molecule has 1 unspecified atom stereocenters. The smallest absolute Gasteiger partial charge is 0.176 e. The van der Waals surface area contributed by atoms with Gasteiger partial charge >= 0.3 is 0 Å². The lowest BCUT2D eigenvalue weighted by Crippen LogP contribution is -2.52. The molecule has 1 aromatic rings. The fourth-order valence-corrected chi connectivity index (χ4v) is 8.34. The summed E-state index contributed by atoms with van der Waals surface area (Å²) >= 11 is 0. The Morgan fingerprint density at radius 2 is 2.00 bits per heavy atom. The van der Waals surface area contributed by atoms with Gasteiger partial charge in [-0.3, -0.25) is 9.59 Å². The number of ether oxygens (including phenoxy) is 1. The SMILES string of the molecule is CNc1ccc([C@H]2C[C@@]3(C)[C@@H](CC[C@]3(C#CCO)C(=O)COC)[C@@H]3CC(C)C4=CC(=O)CCC4=C32)cc1. The first-order chi connectivity index (χ1) is 17.8. The number of anilines is 1. The summed E-state index contributed by atoms with van der Waals surface area (Å²) in [5.41, 5.74) is 5.28. The minimum absolute atomic E-state index is 0.0357. The Morgan fingerprint density at radius 3 is 2.68 bits per heavy atom. The second-order valence-electron chi connectivity index (χ2n) is 11.7. The fourth-order valence-electron chi connectivity index (χ4n) is 8.34. The van der Waals surface area contributed by atoms with Gasteiger partial charge in [0.1, 0.15) is 13.2 Å². The second-order valence-corrected chi connectivity index (χ2v) is 11.7. The van der Waals surface area contributed by atoms with Crippen LogP contribution in [0.15, 0.2) is 47.1 Å². The topological polar surface area (TPSA) is 75.6 Å². The highest BCUT2D eigenvalue weighted by Crippen LogP contribution is 2.70. The number of nitrogens with one attached hydrogen (secondary N) is 1. The van der Waals surface area contributed by atoms with Crippen LogP contribution in [0.5, 0.6) is 0 Å². The summed E-state index contributed by atoms with van der Waals surface area (Å²) in [6, 6.07) is 8.68. The lowest BCUT2D eigenvalue weighted by Gasteiger charge is -2.55. The molecular weight excluding hydrogens is 462 g/mol. The van der Waals surface area contributed by atoms with E-state index in [4.69, 9.17) is 4.74 Å². The molecule has 0 aliphatic heterocycles. The van der Waals surface area contributed by atoms with Crippen LogP contribution < -0.4 is 5.32 Å². The van der Waals surface area contributed by atoms with Crippen molar-refractivity contribution in [3.8, 4) is 11.8 Å². The number of hydrogen-bond donors (Lipinski definition) is 2. The number of aliphatic hydroxyl groups excluding tert-OH is 1. The van der Waals surface area contributed by atoms with Gasteiger partial charge in [0.25, 0.3) is 0 Å². The Kier molecular flexibility index (Phi) is 6.94. The normalized spacial score (nSPS) is 34.5.